The number of carbonyl (C=O) groups excluding carboxylic acids is 2. The van der Waals surface area contributed by atoms with E-state index < -0.39 is 72.1 Å². The van der Waals surface area contributed by atoms with E-state index in [4.69, 9.17) is 0 Å². The second kappa shape index (κ2) is 23.4. The number of aromatic nitrogens is 10. The second-order valence-corrected chi connectivity index (χ2v) is 20.4. The summed E-state index contributed by atoms with van der Waals surface area (Å²) >= 11 is 0. The molecule has 2 aromatic carbocycles. The van der Waals surface area contributed by atoms with Crippen LogP contribution >= 0.6 is 0 Å². The Morgan fingerprint density at radius 1 is 0.500 bits per heavy atom. The molecule has 416 valence electrons. The number of alkyl halides is 6. The highest BCUT2D eigenvalue weighted by Gasteiger charge is 2.39. The monoisotopic (exact) mass is 1100 g/mol. The van der Waals surface area contributed by atoms with E-state index in [-0.39, 0.29) is 95.1 Å². The molecule has 26 heteroatoms. The van der Waals surface area contributed by atoms with Crippen LogP contribution < -0.4 is 11.1 Å². The summed E-state index contributed by atoms with van der Waals surface area (Å²) in [5.41, 5.74) is 0.905. The zero-order chi connectivity index (χ0) is 55.5. The van der Waals surface area contributed by atoms with Crippen molar-refractivity contribution in [2.45, 2.75) is 138 Å². The van der Waals surface area contributed by atoms with Crippen molar-refractivity contribution < 1.29 is 53.5 Å². The molecule has 2 saturated heterocycles. The van der Waals surface area contributed by atoms with Crippen LogP contribution in [0.2, 0.25) is 0 Å². The molecule has 2 amide bonds. The van der Waals surface area contributed by atoms with Crippen molar-refractivity contribution in [1.82, 2.24) is 59.7 Å². The fourth-order valence-corrected chi connectivity index (χ4v) is 11.5. The second-order valence-electron chi connectivity index (χ2n) is 20.4. The maximum absolute atomic E-state index is 14.6. The summed E-state index contributed by atoms with van der Waals surface area (Å²) in [6.07, 6.45) is -4.94. The Labute approximate surface area is 438 Å². The summed E-state index contributed by atoms with van der Waals surface area (Å²) in [7, 11) is 0. The van der Waals surface area contributed by atoms with Crippen molar-refractivity contribution in [3.8, 4) is 0 Å². The SMILES string of the molecule is O=C(C[C@@H]1CC[C@H](c2cccc(F)c2F)Cn2c(CC(F)(F)F)nnc21)N1CCC(c2ccn[nH]c2=O)CC1.O=C(C[C@H]1CC[C@@H](c2cccc(F)c2F)Cn2c(CC(F)(F)F)nnc21)N1CCC(c2ccn[nH]c2=O)CC1. The van der Waals surface area contributed by atoms with Gasteiger partial charge in [-0.25, -0.2) is 27.8 Å². The van der Waals surface area contributed by atoms with Crippen molar-refractivity contribution >= 4 is 11.8 Å². The van der Waals surface area contributed by atoms with Crippen LogP contribution in [0.3, 0.4) is 0 Å². The number of piperidine rings is 2. The van der Waals surface area contributed by atoms with Gasteiger partial charge >= 0.3 is 12.4 Å². The maximum Gasteiger partial charge on any atom is 0.396 e. The van der Waals surface area contributed by atoms with Gasteiger partial charge in [-0.15, -0.1) is 20.4 Å². The van der Waals surface area contributed by atoms with Crippen molar-refractivity contribution in [1.29, 1.82) is 0 Å². The number of hydrogen-bond donors (Lipinski definition) is 2. The summed E-state index contributed by atoms with van der Waals surface area (Å²) in [4.78, 5) is 54.1. The van der Waals surface area contributed by atoms with Gasteiger partial charge in [0.1, 0.15) is 36.1 Å². The van der Waals surface area contributed by atoms with E-state index in [9.17, 15) is 63.1 Å². The summed E-state index contributed by atoms with van der Waals surface area (Å²) < 4.78 is 140. The number of aromatic amines is 2. The van der Waals surface area contributed by atoms with Gasteiger partial charge in [0, 0.05) is 99.3 Å². The number of nitrogens with one attached hydrogen (secondary N) is 2. The smallest absolute Gasteiger partial charge is 0.343 e. The van der Waals surface area contributed by atoms with E-state index in [1.165, 1.54) is 45.8 Å². The average molecular weight is 1100 g/mol. The molecule has 0 aliphatic carbocycles. The number of halogens is 10. The molecule has 0 bridgehead atoms. The van der Waals surface area contributed by atoms with E-state index in [2.05, 4.69) is 40.8 Å². The normalized spacial score (nSPS) is 20.5. The van der Waals surface area contributed by atoms with E-state index >= 15 is 0 Å². The van der Waals surface area contributed by atoms with Gasteiger partial charge in [-0.05, 0) is 98.6 Å². The van der Waals surface area contributed by atoms with Crippen molar-refractivity contribution in [2.75, 3.05) is 26.2 Å². The third kappa shape index (κ3) is 12.8. The molecule has 10 rings (SSSR count). The van der Waals surface area contributed by atoms with Crippen molar-refractivity contribution in [3.63, 3.8) is 0 Å². The molecule has 6 aromatic rings. The number of fused-ring (bicyclic) bond motifs is 2. The molecule has 4 aliphatic rings. The lowest BCUT2D eigenvalue weighted by molar-refractivity contribution is -0.133. The summed E-state index contributed by atoms with van der Waals surface area (Å²) in [6.45, 7) is 1.62. The lowest BCUT2D eigenvalue weighted by atomic mass is 9.88. The Kier molecular flexibility index (Phi) is 16.6. The molecule has 0 radical (unpaired) electrons. The number of nitrogens with zero attached hydrogens (tertiary/aromatic N) is 10. The lowest BCUT2D eigenvalue weighted by Crippen LogP contribution is -2.39. The molecule has 0 unspecified atom stereocenters. The largest absolute Gasteiger partial charge is 0.396 e. The van der Waals surface area contributed by atoms with Crippen molar-refractivity contribution in [3.05, 3.63) is 150 Å². The molecule has 4 atom stereocenters. The molecule has 4 aromatic heterocycles. The molecule has 4 aliphatic heterocycles. The number of rotatable bonds is 10. The highest BCUT2D eigenvalue weighted by atomic mass is 19.4. The van der Waals surface area contributed by atoms with Crippen LogP contribution in [0, 0.1) is 23.3 Å². The molecule has 16 nitrogen and oxygen atoms in total. The Balaban J connectivity index is 0.000000190. The Bertz CT molecular complexity index is 3000. The Hall–Kier alpha value is -7.28. The summed E-state index contributed by atoms with van der Waals surface area (Å²) in [5.74, 6) is -6.90. The van der Waals surface area contributed by atoms with Crippen LogP contribution in [0.5, 0.6) is 0 Å². The predicted octanol–water partition coefficient (Wildman–Crippen LogP) is 8.40. The van der Waals surface area contributed by atoms with Crippen LogP contribution in [0.4, 0.5) is 43.9 Å². The molecule has 2 fully saturated rings. The van der Waals surface area contributed by atoms with Gasteiger partial charge in [0.05, 0.1) is 0 Å². The standard InChI is InChI=1S/2C26H27F5N6O2/c2*27-20-3-1-2-18(23(20)28)17-5-4-16(24-34-33-21(37(24)14-17)13-26(29,30)31)12-22(38)36-10-7-15(8-11-36)19-6-9-32-35-25(19)39/h2*1-3,6,9,15-17H,4-5,7-8,10-14H2,(H,35,39)/t2*16-,17-/m10/s1. The van der Waals surface area contributed by atoms with Crippen LogP contribution in [0.15, 0.2) is 70.5 Å². The van der Waals surface area contributed by atoms with Crippen LogP contribution in [-0.4, -0.2) is 110 Å². The molecule has 0 spiro atoms. The van der Waals surface area contributed by atoms with Crippen LogP contribution in [-0.2, 0) is 35.5 Å². The van der Waals surface area contributed by atoms with Crippen LogP contribution in [0.1, 0.15) is 145 Å². The Morgan fingerprint density at radius 2 is 0.885 bits per heavy atom. The summed E-state index contributed by atoms with van der Waals surface area (Å²) in [5, 5.41) is 27.9. The fraction of sp³-hybridized carbons (Fsp3) is 0.500. The first-order valence-corrected chi connectivity index (χ1v) is 25.7. The van der Waals surface area contributed by atoms with Gasteiger partial charge in [-0.2, -0.15) is 36.5 Å². The molecule has 0 saturated carbocycles. The molecular formula is C52H54F10N12O4. The molecule has 2 N–H and O–H groups in total. The van der Waals surface area contributed by atoms with E-state index in [0.29, 0.717) is 88.7 Å². The minimum absolute atomic E-state index is 0.00299. The number of hydrogen-bond acceptors (Lipinski definition) is 10. The topological polar surface area (TPSA) is 194 Å². The number of carbonyl (C=O) groups is 2. The first kappa shape index (κ1) is 55.5. The number of benzene rings is 2. The number of amides is 2. The third-order valence-corrected chi connectivity index (χ3v) is 15.5. The van der Waals surface area contributed by atoms with Gasteiger partial charge in [0.2, 0.25) is 11.8 Å². The first-order valence-electron chi connectivity index (χ1n) is 25.7. The first-order chi connectivity index (χ1) is 37.2. The van der Waals surface area contributed by atoms with Gasteiger partial charge in [-0.3, -0.25) is 19.2 Å². The zero-order valence-corrected chi connectivity index (χ0v) is 41.9. The van der Waals surface area contributed by atoms with Crippen LogP contribution in [0.25, 0.3) is 0 Å². The third-order valence-electron chi connectivity index (χ3n) is 15.5. The van der Waals surface area contributed by atoms with Gasteiger partial charge in [0.25, 0.3) is 11.1 Å². The van der Waals surface area contributed by atoms with E-state index in [1.807, 2.05) is 0 Å². The van der Waals surface area contributed by atoms with Gasteiger partial charge < -0.3 is 18.9 Å². The van der Waals surface area contributed by atoms with Gasteiger partial charge in [-0.1, -0.05) is 24.3 Å². The zero-order valence-electron chi connectivity index (χ0n) is 41.9. The quantitative estimate of drug-likeness (QED) is 0.126. The van der Waals surface area contributed by atoms with Gasteiger partial charge in [0.15, 0.2) is 23.3 Å². The molecular weight excluding hydrogens is 1050 g/mol. The number of likely N-dealkylation sites (tertiary alicyclic amines) is 2. The predicted molar refractivity (Wildman–Crippen MR) is 258 cm³/mol. The average Bonchev–Trinajstić information content (AvgIpc) is 3.93. The highest BCUT2D eigenvalue weighted by Crippen LogP contribution is 2.41. The maximum atomic E-state index is 14.6. The Morgan fingerprint density at radius 3 is 1.24 bits per heavy atom. The van der Waals surface area contributed by atoms with E-state index in [0.717, 1.165) is 12.1 Å². The fourth-order valence-electron chi connectivity index (χ4n) is 11.5. The molecule has 78 heavy (non-hydrogen) atoms. The molecule has 8 heterocycles. The summed E-state index contributed by atoms with van der Waals surface area (Å²) in [6, 6.07) is 10.9. The minimum atomic E-state index is -4.54. The highest BCUT2D eigenvalue weighted by molar-refractivity contribution is 5.77. The van der Waals surface area contributed by atoms with Crippen molar-refractivity contribution in [2.24, 2.45) is 0 Å². The lowest BCUT2D eigenvalue weighted by Gasteiger charge is -2.32. The minimum Gasteiger partial charge on any atom is -0.343 e. The number of H-pyrrole nitrogens is 2. The van der Waals surface area contributed by atoms with E-state index in [1.54, 1.807) is 21.9 Å².